The molecule has 5 aromatic rings. The molecule has 0 aliphatic carbocycles. The fourth-order valence-corrected chi connectivity index (χ4v) is 10.0. The van der Waals surface area contributed by atoms with Gasteiger partial charge >= 0.3 is 0 Å². The van der Waals surface area contributed by atoms with Crippen molar-refractivity contribution in [2.75, 3.05) is 31.2 Å². The summed E-state index contributed by atoms with van der Waals surface area (Å²) in [6, 6.07) is 40.5. The Hall–Kier alpha value is -5.41. The number of anilines is 1. The van der Waals surface area contributed by atoms with Crippen molar-refractivity contribution in [1.29, 1.82) is 0 Å². The van der Waals surface area contributed by atoms with Crippen LogP contribution in [0, 0.1) is 12.8 Å². The van der Waals surface area contributed by atoms with Crippen molar-refractivity contribution in [2.45, 2.75) is 81.2 Å². The standard InChI is InChI=1S/C49H55N5O7S/c1-34-13-23-42(24-14-34)62(58,59)52-43(29-36-9-5-3-6-10-36)46(56)50-30-37-15-21-40(22-16-37)47-60-44(35(2)45(61-47)39-19-17-38(32-55)18-20-39)31-53-27-25-49(26-28-53)48(57)51-33-54(49)41-11-7-4-8-12-41/h3-24,35,43-45,47,52,55H,25-33H2,1-2H3,(H,50,56)(H,51,57). The summed E-state index contributed by atoms with van der Waals surface area (Å²) in [5.74, 6) is -0.371. The van der Waals surface area contributed by atoms with Gasteiger partial charge in [0.25, 0.3) is 0 Å². The molecular formula is C49H55N5O7S. The minimum atomic E-state index is -3.98. The third-order valence-electron chi connectivity index (χ3n) is 12.6. The number of nitrogens with one attached hydrogen (secondary N) is 3. The summed E-state index contributed by atoms with van der Waals surface area (Å²) >= 11 is 0. The molecule has 3 heterocycles. The Morgan fingerprint density at radius 3 is 2.11 bits per heavy atom. The topological polar surface area (TPSA) is 150 Å². The molecule has 2 amide bonds. The maximum absolute atomic E-state index is 13.7. The fraction of sp³-hybridized carbons (Fsp3) is 0.347. The van der Waals surface area contributed by atoms with Crippen molar-refractivity contribution in [1.82, 2.24) is 20.3 Å². The van der Waals surface area contributed by atoms with E-state index >= 15 is 0 Å². The van der Waals surface area contributed by atoms with Gasteiger partial charge in [0.2, 0.25) is 21.8 Å². The molecular weight excluding hydrogens is 803 g/mol. The van der Waals surface area contributed by atoms with E-state index in [0.717, 1.165) is 52.2 Å². The van der Waals surface area contributed by atoms with Gasteiger partial charge in [0.15, 0.2) is 6.29 Å². The van der Waals surface area contributed by atoms with Crippen LogP contribution in [-0.4, -0.2) is 74.2 Å². The van der Waals surface area contributed by atoms with Gasteiger partial charge in [-0.3, -0.25) is 9.59 Å². The first-order chi connectivity index (χ1) is 30.0. The van der Waals surface area contributed by atoms with Crippen molar-refractivity contribution < 1.29 is 32.6 Å². The van der Waals surface area contributed by atoms with Gasteiger partial charge in [-0.1, -0.05) is 122 Å². The van der Waals surface area contributed by atoms with Crippen LogP contribution in [0.1, 0.15) is 65.5 Å². The Morgan fingerprint density at radius 2 is 1.45 bits per heavy atom. The first kappa shape index (κ1) is 43.2. The molecule has 0 aromatic heterocycles. The predicted octanol–water partition coefficient (Wildman–Crippen LogP) is 5.91. The molecule has 0 saturated carbocycles. The molecule has 1 spiro atoms. The number of ether oxygens (including phenoxy) is 2. The Morgan fingerprint density at radius 1 is 0.823 bits per heavy atom. The molecule has 5 aromatic carbocycles. The third-order valence-corrected chi connectivity index (χ3v) is 14.1. The molecule has 324 valence electrons. The number of hydrogen-bond donors (Lipinski definition) is 4. The summed E-state index contributed by atoms with van der Waals surface area (Å²) < 4.78 is 43.0. The van der Waals surface area contributed by atoms with E-state index in [4.69, 9.17) is 9.47 Å². The highest BCUT2D eigenvalue weighted by molar-refractivity contribution is 7.89. The minimum absolute atomic E-state index is 0.0144. The summed E-state index contributed by atoms with van der Waals surface area (Å²) in [5.41, 5.74) is 5.67. The van der Waals surface area contributed by atoms with Crippen molar-refractivity contribution >= 4 is 27.5 Å². The maximum atomic E-state index is 13.7. The molecule has 0 bridgehead atoms. The van der Waals surface area contributed by atoms with Crippen molar-refractivity contribution in [3.8, 4) is 0 Å². The number of benzene rings is 5. The summed E-state index contributed by atoms with van der Waals surface area (Å²) in [4.78, 5) is 31.8. The van der Waals surface area contributed by atoms with Crippen LogP contribution < -0.4 is 20.3 Å². The van der Waals surface area contributed by atoms with E-state index in [-0.39, 0.29) is 48.5 Å². The molecule has 13 heteroatoms. The van der Waals surface area contributed by atoms with Crippen LogP contribution in [0.4, 0.5) is 5.69 Å². The second-order valence-electron chi connectivity index (χ2n) is 16.7. The normalized spacial score (nSPS) is 22.0. The Bertz CT molecular complexity index is 2390. The number of amides is 2. The van der Waals surface area contributed by atoms with Gasteiger partial charge < -0.3 is 35.0 Å². The lowest BCUT2D eigenvalue weighted by Gasteiger charge is -2.46. The lowest BCUT2D eigenvalue weighted by Crippen LogP contribution is -2.57. The first-order valence-corrected chi connectivity index (χ1v) is 22.8. The van der Waals surface area contributed by atoms with Crippen LogP contribution in [0.5, 0.6) is 0 Å². The zero-order valence-electron chi connectivity index (χ0n) is 35.2. The van der Waals surface area contributed by atoms with E-state index in [1.54, 1.807) is 12.1 Å². The number of piperidine rings is 1. The highest BCUT2D eigenvalue weighted by Gasteiger charge is 2.51. The van der Waals surface area contributed by atoms with E-state index < -0.39 is 33.8 Å². The van der Waals surface area contributed by atoms with Gasteiger partial charge in [0.1, 0.15) is 11.6 Å². The monoisotopic (exact) mass is 857 g/mol. The predicted molar refractivity (Wildman–Crippen MR) is 237 cm³/mol. The molecule has 3 aliphatic rings. The number of rotatable bonds is 14. The second-order valence-corrected chi connectivity index (χ2v) is 18.4. The van der Waals surface area contributed by atoms with E-state index in [2.05, 4.69) is 44.2 Å². The summed E-state index contributed by atoms with van der Waals surface area (Å²) in [5, 5.41) is 15.8. The average Bonchev–Trinajstić information content (AvgIpc) is 3.61. The van der Waals surface area contributed by atoms with Crippen LogP contribution in [-0.2, 0) is 48.7 Å². The summed E-state index contributed by atoms with van der Waals surface area (Å²) in [6.07, 6.45) is 0.405. The van der Waals surface area contributed by atoms with Crippen molar-refractivity contribution in [3.05, 3.63) is 167 Å². The van der Waals surface area contributed by atoms with Crippen LogP contribution in [0.3, 0.4) is 0 Å². The third kappa shape index (κ3) is 9.63. The summed E-state index contributed by atoms with van der Waals surface area (Å²) in [7, 11) is -3.98. The van der Waals surface area contributed by atoms with E-state index in [0.29, 0.717) is 26.1 Å². The number of likely N-dealkylation sites (tertiary alicyclic amines) is 1. The zero-order valence-corrected chi connectivity index (χ0v) is 36.0. The van der Waals surface area contributed by atoms with Crippen LogP contribution >= 0.6 is 0 Å². The number of sulfonamides is 1. The second kappa shape index (κ2) is 18.9. The Labute approximate surface area is 364 Å². The number of carbonyl (C=O) groups excluding carboxylic acids is 2. The smallest absolute Gasteiger partial charge is 0.247 e. The molecule has 3 aliphatic heterocycles. The molecule has 8 rings (SSSR count). The maximum Gasteiger partial charge on any atom is 0.247 e. The van der Waals surface area contributed by atoms with Gasteiger partial charge in [0.05, 0.1) is 30.4 Å². The molecule has 0 radical (unpaired) electrons. The number of nitrogens with zero attached hydrogens (tertiary/aromatic N) is 2. The van der Waals surface area contributed by atoms with Crippen LogP contribution in [0.2, 0.25) is 0 Å². The lowest BCUT2D eigenvalue weighted by atomic mass is 9.84. The van der Waals surface area contributed by atoms with Gasteiger partial charge in [-0.05, 0) is 72.7 Å². The van der Waals surface area contributed by atoms with E-state index in [1.165, 1.54) is 12.1 Å². The molecule has 12 nitrogen and oxygen atoms in total. The van der Waals surface area contributed by atoms with Crippen molar-refractivity contribution in [3.63, 3.8) is 0 Å². The molecule has 5 atom stereocenters. The lowest BCUT2D eigenvalue weighted by molar-refractivity contribution is -0.276. The molecule has 4 N–H and O–H groups in total. The van der Waals surface area contributed by atoms with Crippen molar-refractivity contribution in [2.24, 2.45) is 5.92 Å². The average molecular weight is 858 g/mol. The van der Waals surface area contributed by atoms with Crippen LogP contribution in [0.25, 0.3) is 0 Å². The molecule has 5 unspecified atom stereocenters. The molecule has 3 saturated heterocycles. The first-order valence-electron chi connectivity index (χ1n) is 21.3. The number of carbonyl (C=O) groups is 2. The molecule has 3 fully saturated rings. The molecule has 62 heavy (non-hydrogen) atoms. The highest BCUT2D eigenvalue weighted by Crippen LogP contribution is 2.43. The van der Waals surface area contributed by atoms with Gasteiger partial charge in [0, 0.05) is 43.3 Å². The van der Waals surface area contributed by atoms with Gasteiger partial charge in [-0.15, -0.1) is 0 Å². The SMILES string of the molecule is Cc1ccc(S(=O)(=O)NC(Cc2ccccc2)C(=O)NCc2ccc(C3OC(CN4CCC5(CC4)C(=O)NCN5c4ccccc4)C(C)C(c4ccc(CO)cc4)O3)cc2)cc1. The quantitative estimate of drug-likeness (QED) is 0.107. The summed E-state index contributed by atoms with van der Waals surface area (Å²) in [6.45, 7) is 6.81. The number of aliphatic hydroxyl groups is 1. The highest BCUT2D eigenvalue weighted by atomic mass is 32.2. The largest absolute Gasteiger partial charge is 0.392 e. The Balaban J connectivity index is 0.952. The zero-order chi connectivity index (χ0) is 43.3. The van der Waals surface area contributed by atoms with Gasteiger partial charge in [-0.25, -0.2) is 8.42 Å². The van der Waals surface area contributed by atoms with Gasteiger partial charge in [-0.2, -0.15) is 4.72 Å². The number of aliphatic hydroxyl groups excluding tert-OH is 1. The number of para-hydroxylation sites is 1. The number of hydrogen-bond acceptors (Lipinski definition) is 9. The Kier molecular flexibility index (Phi) is 13.2. The van der Waals surface area contributed by atoms with E-state index in [1.807, 2.05) is 104 Å². The minimum Gasteiger partial charge on any atom is -0.392 e. The van der Waals surface area contributed by atoms with Crippen LogP contribution in [0.15, 0.2) is 138 Å². The number of aryl methyl sites for hydroxylation is 1. The van der Waals surface area contributed by atoms with E-state index in [9.17, 15) is 23.1 Å². The fourth-order valence-electron chi connectivity index (χ4n) is 8.84.